The van der Waals surface area contributed by atoms with E-state index in [4.69, 9.17) is 12.2 Å². The third-order valence-corrected chi connectivity index (χ3v) is 2.90. The summed E-state index contributed by atoms with van der Waals surface area (Å²) in [5, 5.41) is 0. The molecule has 0 saturated heterocycles. The van der Waals surface area contributed by atoms with Crippen LogP contribution < -0.4 is 0 Å². The molecule has 0 saturated carbocycles. The molecule has 0 fully saturated rings. The highest BCUT2D eigenvalue weighted by Gasteiger charge is 2.03. The lowest BCUT2D eigenvalue weighted by Gasteiger charge is -2.08. The van der Waals surface area contributed by atoms with Gasteiger partial charge in [0.25, 0.3) is 0 Å². The fraction of sp³-hybridized carbons (Fsp3) is 0.333. The third kappa shape index (κ3) is 3.77. The van der Waals surface area contributed by atoms with Gasteiger partial charge in [0.2, 0.25) is 0 Å². The van der Waals surface area contributed by atoms with Gasteiger partial charge in [-0.3, -0.25) is 0 Å². The molecule has 2 rings (SSSR count). The zero-order valence-corrected chi connectivity index (χ0v) is 11.6. The molecule has 0 aliphatic carbocycles. The summed E-state index contributed by atoms with van der Waals surface area (Å²) in [7, 11) is 0. The van der Waals surface area contributed by atoms with E-state index in [9.17, 15) is 0 Å². The molecule has 1 heterocycles. The van der Waals surface area contributed by atoms with E-state index in [1.807, 2.05) is 24.3 Å². The SMILES string of the molecule is CC(C)Cc1cc(=S)nc(Cc2ccccc2)[nH]1. The molecule has 1 N–H and O–H groups in total. The lowest BCUT2D eigenvalue weighted by atomic mass is 10.1. The van der Waals surface area contributed by atoms with Crippen LogP contribution in [0.3, 0.4) is 0 Å². The van der Waals surface area contributed by atoms with Gasteiger partial charge in [0.05, 0.1) is 0 Å². The minimum atomic E-state index is 0.614. The van der Waals surface area contributed by atoms with Gasteiger partial charge in [0.1, 0.15) is 10.5 Å². The fourth-order valence-corrected chi connectivity index (χ4v) is 2.24. The highest BCUT2D eigenvalue weighted by Crippen LogP contribution is 2.09. The van der Waals surface area contributed by atoms with E-state index in [1.165, 1.54) is 11.3 Å². The van der Waals surface area contributed by atoms with Gasteiger partial charge in [0.15, 0.2) is 0 Å². The summed E-state index contributed by atoms with van der Waals surface area (Å²) >= 11 is 5.23. The standard InChI is InChI=1S/C15H18N2S/c1-11(2)8-13-10-15(18)17-14(16-13)9-12-6-4-3-5-7-12/h3-7,10-11H,8-9H2,1-2H3,(H,16,17,18). The summed E-state index contributed by atoms with van der Waals surface area (Å²) in [5.74, 6) is 1.56. The highest BCUT2D eigenvalue weighted by molar-refractivity contribution is 7.71. The summed E-state index contributed by atoms with van der Waals surface area (Å²) < 4.78 is 0.676. The Kier molecular flexibility index (Phi) is 4.26. The maximum atomic E-state index is 5.23. The summed E-state index contributed by atoms with van der Waals surface area (Å²) in [4.78, 5) is 7.78. The molecule has 0 aliphatic heterocycles. The molecular formula is C15H18N2S. The topological polar surface area (TPSA) is 28.7 Å². The summed E-state index contributed by atoms with van der Waals surface area (Å²) in [6, 6.07) is 12.3. The Morgan fingerprint density at radius 1 is 1.22 bits per heavy atom. The number of hydrogen-bond donors (Lipinski definition) is 1. The molecule has 0 aliphatic rings. The second-order valence-corrected chi connectivity index (χ2v) is 5.37. The molecule has 0 atom stereocenters. The first-order valence-electron chi connectivity index (χ1n) is 6.26. The molecule has 0 unspecified atom stereocenters. The number of aromatic amines is 1. The molecular weight excluding hydrogens is 240 g/mol. The van der Waals surface area contributed by atoms with Crippen molar-refractivity contribution in [3.63, 3.8) is 0 Å². The molecule has 1 aromatic carbocycles. The monoisotopic (exact) mass is 258 g/mol. The summed E-state index contributed by atoms with van der Waals surface area (Å²) in [6.07, 6.45) is 1.81. The van der Waals surface area contributed by atoms with E-state index in [1.54, 1.807) is 0 Å². The van der Waals surface area contributed by atoms with Crippen LogP contribution in [0.5, 0.6) is 0 Å². The molecule has 0 amide bonds. The van der Waals surface area contributed by atoms with Crippen LogP contribution in [0.25, 0.3) is 0 Å². The van der Waals surface area contributed by atoms with Crippen molar-refractivity contribution in [3.05, 3.63) is 58.1 Å². The van der Waals surface area contributed by atoms with Gasteiger partial charge in [0, 0.05) is 12.1 Å². The first-order valence-corrected chi connectivity index (χ1v) is 6.67. The Balaban J connectivity index is 2.23. The molecule has 18 heavy (non-hydrogen) atoms. The zero-order chi connectivity index (χ0) is 13.0. The smallest absolute Gasteiger partial charge is 0.130 e. The predicted octanol–water partition coefficient (Wildman–Crippen LogP) is 3.93. The maximum Gasteiger partial charge on any atom is 0.130 e. The number of nitrogens with zero attached hydrogens (tertiary/aromatic N) is 1. The number of nitrogens with one attached hydrogen (secondary N) is 1. The van der Waals surface area contributed by atoms with Crippen LogP contribution in [0.1, 0.15) is 30.9 Å². The molecule has 1 aromatic heterocycles. The van der Waals surface area contributed by atoms with Crippen molar-refractivity contribution in [1.82, 2.24) is 9.97 Å². The van der Waals surface area contributed by atoms with Gasteiger partial charge in [-0.05, 0) is 24.0 Å². The predicted molar refractivity (Wildman–Crippen MR) is 77.2 cm³/mol. The van der Waals surface area contributed by atoms with E-state index in [0.29, 0.717) is 10.6 Å². The van der Waals surface area contributed by atoms with Crippen molar-refractivity contribution < 1.29 is 0 Å². The van der Waals surface area contributed by atoms with Crippen molar-refractivity contribution in [2.75, 3.05) is 0 Å². The number of H-pyrrole nitrogens is 1. The minimum absolute atomic E-state index is 0.614. The van der Waals surface area contributed by atoms with Gasteiger partial charge in [-0.15, -0.1) is 0 Å². The normalized spacial score (nSPS) is 10.8. The van der Waals surface area contributed by atoms with E-state index >= 15 is 0 Å². The van der Waals surface area contributed by atoms with Crippen LogP contribution in [-0.4, -0.2) is 9.97 Å². The molecule has 2 nitrogen and oxygen atoms in total. The average Bonchev–Trinajstić information content (AvgIpc) is 2.28. The number of benzene rings is 1. The van der Waals surface area contributed by atoms with E-state index < -0.39 is 0 Å². The highest BCUT2D eigenvalue weighted by atomic mass is 32.1. The van der Waals surface area contributed by atoms with Crippen molar-refractivity contribution in [3.8, 4) is 0 Å². The van der Waals surface area contributed by atoms with E-state index in [-0.39, 0.29) is 0 Å². The Morgan fingerprint density at radius 3 is 2.61 bits per heavy atom. The van der Waals surface area contributed by atoms with Crippen LogP contribution in [-0.2, 0) is 12.8 Å². The van der Waals surface area contributed by atoms with Crippen molar-refractivity contribution >= 4 is 12.2 Å². The van der Waals surface area contributed by atoms with Gasteiger partial charge >= 0.3 is 0 Å². The molecule has 0 spiro atoms. The van der Waals surface area contributed by atoms with Gasteiger partial charge < -0.3 is 4.98 Å². The van der Waals surface area contributed by atoms with Crippen LogP contribution in [0, 0.1) is 10.6 Å². The third-order valence-electron chi connectivity index (χ3n) is 2.69. The Hall–Kier alpha value is -1.48. The minimum Gasteiger partial charge on any atom is -0.347 e. The number of hydrogen-bond acceptors (Lipinski definition) is 2. The summed E-state index contributed by atoms with van der Waals surface area (Å²) in [5.41, 5.74) is 2.42. The fourth-order valence-electron chi connectivity index (χ4n) is 1.99. The lowest BCUT2D eigenvalue weighted by Crippen LogP contribution is -2.03. The molecule has 0 radical (unpaired) electrons. The van der Waals surface area contributed by atoms with Crippen molar-refractivity contribution in [1.29, 1.82) is 0 Å². The van der Waals surface area contributed by atoms with Gasteiger partial charge in [-0.2, -0.15) is 0 Å². The molecule has 2 aromatic rings. The number of rotatable bonds is 4. The first kappa shape index (κ1) is 13.0. The Morgan fingerprint density at radius 2 is 1.94 bits per heavy atom. The largest absolute Gasteiger partial charge is 0.347 e. The maximum absolute atomic E-state index is 5.23. The van der Waals surface area contributed by atoms with Gasteiger partial charge in [-0.1, -0.05) is 56.4 Å². The first-order chi connectivity index (χ1) is 8.63. The Bertz CT molecular complexity index is 558. The molecule has 94 valence electrons. The van der Waals surface area contributed by atoms with E-state index in [0.717, 1.165) is 18.7 Å². The van der Waals surface area contributed by atoms with Crippen LogP contribution in [0.4, 0.5) is 0 Å². The second kappa shape index (κ2) is 5.91. The van der Waals surface area contributed by atoms with E-state index in [2.05, 4.69) is 35.9 Å². The summed E-state index contributed by atoms with van der Waals surface area (Å²) in [6.45, 7) is 4.41. The van der Waals surface area contributed by atoms with Crippen LogP contribution in [0.2, 0.25) is 0 Å². The molecule has 3 heteroatoms. The second-order valence-electron chi connectivity index (χ2n) is 4.95. The Labute approximate surface area is 113 Å². The molecule has 0 bridgehead atoms. The van der Waals surface area contributed by atoms with Crippen molar-refractivity contribution in [2.24, 2.45) is 5.92 Å². The van der Waals surface area contributed by atoms with Crippen LogP contribution >= 0.6 is 12.2 Å². The quantitative estimate of drug-likeness (QED) is 0.842. The van der Waals surface area contributed by atoms with Crippen LogP contribution in [0.15, 0.2) is 36.4 Å². The lowest BCUT2D eigenvalue weighted by molar-refractivity contribution is 0.630. The van der Waals surface area contributed by atoms with Gasteiger partial charge in [-0.25, -0.2) is 4.98 Å². The number of aromatic nitrogens is 2. The zero-order valence-electron chi connectivity index (χ0n) is 10.8. The van der Waals surface area contributed by atoms with Crippen molar-refractivity contribution in [2.45, 2.75) is 26.7 Å². The average molecular weight is 258 g/mol.